The molecule has 1 aromatic rings. The number of nitrogens with two attached hydrogens (primary N) is 1. The molecule has 3 rings (SSSR count). The number of benzene rings is 1. The Kier molecular flexibility index (Phi) is 1.76. The molecule has 1 fully saturated rings. The van der Waals surface area contributed by atoms with Crippen molar-refractivity contribution in [3.05, 3.63) is 22.2 Å². The topological polar surface area (TPSA) is 44.5 Å². The molecule has 1 heterocycles. The van der Waals surface area contributed by atoms with Crippen molar-refractivity contribution in [3.8, 4) is 11.5 Å². The molecule has 0 bridgehead atoms. The summed E-state index contributed by atoms with van der Waals surface area (Å²) in [6.07, 6.45) is 1.08. The minimum atomic E-state index is 0.314. The lowest BCUT2D eigenvalue weighted by Crippen LogP contribution is -2.00. The van der Waals surface area contributed by atoms with Gasteiger partial charge in [0, 0.05) is 12.0 Å². The molecule has 0 amide bonds. The highest BCUT2D eigenvalue weighted by Crippen LogP contribution is 2.46. The van der Waals surface area contributed by atoms with Crippen molar-refractivity contribution in [2.24, 2.45) is 5.73 Å². The van der Waals surface area contributed by atoms with Crippen molar-refractivity contribution in [2.45, 2.75) is 18.4 Å². The van der Waals surface area contributed by atoms with E-state index in [1.165, 1.54) is 5.56 Å². The van der Waals surface area contributed by atoms with Gasteiger partial charge in [0.2, 0.25) is 6.79 Å². The van der Waals surface area contributed by atoms with Gasteiger partial charge < -0.3 is 15.2 Å². The summed E-state index contributed by atoms with van der Waals surface area (Å²) in [6, 6.07) is 4.43. The van der Waals surface area contributed by atoms with Gasteiger partial charge >= 0.3 is 0 Å². The van der Waals surface area contributed by atoms with E-state index in [2.05, 4.69) is 22.0 Å². The Bertz CT molecular complexity index is 394. The van der Waals surface area contributed by atoms with Crippen LogP contribution in [0.25, 0.3) is 0 Å². The van der Waals surface area contributed by atoms with Crippen molar-refractivity contribution in [2.75, 3.05) is 6.79 Å². The van der Waals surface area contributed by atoms with Crippen LogP contribution in [0.3, 0.4) is 0 Å². The summed E-state index contributed by atoms with van der Waals surface area (Å²) in [5.74, 6) is 2.14. The molecular formula is C10H10BrNO2. The van der Waals surface area contributed by atoms with Crippen molar-refractivity contribution in [1.82, 2.24) is 0 Å². The zero-order valence-corrected chi connectivity index (χ0v) is 9.08. The van der Waals surface area contributed by atoms with Gasteiger partial charge in [-0.05, 0) is 40.0 Å². The first-order chi connectivity index (χ1) is 6.75. The van der Waals surface area contributed by atoms with Crippen molar-refractivity contribution in [1.29, 1.82) is 0 Å². The van der Waals surface area contributed by atoms with Gasteiger partial charge in [-0.1, -0.05) is 0 Å². The van der Waals surface area contributed by atoms with Gasteiger partial charge in [-0.15, -0.1) is 0 Å². The van der Waals surface area contributed by atoms with Crippen molar-refractivity contribution < 1.29 is 9.47 Å². The first kappa shape index (κ1) is 8.56. The summed E-state index contributed by atoms with van der Waals surface area (Å²) in [5, 5.41) is 0. The molecule has 3 nitrogen and oxygen atoms in total. The minimum absolute atomic E-state index is 0.314. The minimum Gasteiger partial charge on any atom is -0.454 e. The summed E-state index contributed by atoms with van der Waals surface area (Å²) < 4.78 is 11.6. The van der Waals surface area contributed by atoms with E-state index in [0.717, 1.165) is 22.4 Å². The van der Waals surface area contributed by atoms with E-state index in [1.807, 2.05) is 6.07 Å². The molecule has 1 aliphatic heterocycles. The smallest absolute Gasteiger partial charge is 0.231 e. The third-order valence-corrected chi connectivity index (χ3v) is 3.31. The summed E-state index contributed by atoms with van der Waals surface area (Å²) >= 11 is 3.47. The lowest BCUT2D eigenvalue weighted by molar-refractivity contribution is 0.173. The van der Waals surface area contributed by atoms with Gasteiger partial charge in [0.1, 0.15) is 0 Å². The second kappa shape index (κ2) is 2.87. The molecule has 2 atom stereocenters. The predicted molar refractivity (Wildman–Crippen MR) is 55.6 cm³/mol. The molecule has 0 spiro atoms. The Balaban J connectivity index is 2.03. The lowest BCUT2D eigenvalue weighted by atomic mass is 10.1. The highest BCUT2D eigenvalue weighted by molar-refractivity contribution is 9.10. The van der Waals surface area contributed by atoms with Crippen LogP contribution in [0.2, 0.25) is 0 Å². The van der Waals surface area contributed by atoms with E-state index < -0.39 is 0 Å². The number of rotatable bonds is 1. The molecule has 1 aliphatic carbocycles. The van der Waals surface area contributed by atoms with E-state index in [4.69, 9.17) is 15.2 Å². The molecule has 74 valence electrons. The molecule has 2 unspecified atom stereocenters. The fraction of sp³-hybridized carbons (Fsp3) is 0.400. The second-order valence-corrected chi connectivity index (χ2v) is 4.60. The van der Waals surface area contributed by atoms with Crippen LogP contribution in [0.15, 0.2) is 16.6 Å². The summed E-state index contributed by atoms with van der Waals surface area (Å²) in [7, 11) is 0. The summed E-state index contributed by atoms with van der Waals surface area (Å²) in [6.45, 7) is 0.314. The summed E-state index contributed by atoms with van der Waals surface area (Å²) in [4.78, 5) is 0. The van der Waals surface area contributed by atoms with Crippen LogP contribution in [-0.2, 0) is 0 Å². The van der Waals surface area contributed by atoms with Crippen LogP contribution in [0.1, 0.15) is 17.9 Å². The molecular weight excluding hydrogens is 246 g/mol. The van der Waals surface area contributed by atoms with Crippen LogP contribution in [0.5, 0.6) is 11.5 Å². The number of ether oxygens (including phenoxy) is 2. The fourth-order valence-electron chi connectivity index (χ4n) is 1.80. The van der Waals surface area contributed by atoms with Gasteiger partial charge in [-0.2, -0.15) is 0 Å². The zero-order chi connectivity index (χ0) is 9.71. The SMILES string of the molecule is NC1CC1c1cc(Br)c2c(c1)OCO2. The molecule has 1 saturated carbocycles. The van der Waals surface area contributed by atoms with Gasteiger partial charge in [-0.25, -0.2) is 0 Å². The average molecular weight is 256 g/mol. The first-order valence-electron chi connectivity index (χ1n) is 4.60. The largest absolute Gasteiger partial charge is 0.454 e. The van der Waals surface area contributed by atoms with Gasteiger partial charge in [-0.3, -0.25) is 0 Å². The maximum absolute atomic E-state index is 5.81. The van der Waals surface area contributed by atoms with Crippen LogP contribution in [-0.4, -0.2) is 12.8 Å². The van der Waals surface area contributed by atoms with Crippen LogP contribution in [0.4, 0.5) is 0 Å². The first-order valence-corrected chi connectivity index (χ1v) is 5.39. The van der Waals surface area contributed by atoms with E-state index in [9.17, 15) is 0 Å². The Morgan fingerprint density at radius 3 is 2.86 bits per heavy atom. The molecule has 14 heavy (non-hydrogen) atoms. The Labute approximate surface area is 90.3 Å². The molecule has 4 heteroatoms. The van der Waals surface area contributed by atoms with Crippen molar-refractivity contribution >= 4 is 15.9 Å². The monoisotopic (exact) mass is 255 g/mol. The number of hydrogen-bond acceptors (Lipinski definition) is 3. The Morgan fingerprint density at radius 2 is 2.14 bits per heavy atom. The maximum Gasteiger partial charge on any atom is 0.231 e. The maximum atomic E-state index is 5.81. The molecule has 0 radical (unpaired) electrons. The molecule has 0 saturated heterocycles. The number of hydrogen-bond donors (Lipinski definition) is 1. The normalized spacial score (nSPS) is 27.9. The van der Waals surface area contributed by atoms with E-state index >= 15 is 0 Å². The van der Waals surface area contributed by atoms with E-state index in [1.54, 1.807) is 0 Å². The second-order valence-electron chi connectivity index (χ2n) is 3.74. The van der Waals surface area contributed by atoms with Gasteiger partial charge in [0.05, 0.1) is 4.47 Å². The Morgan fingerprint density at radius 1 is 1.36 bits per heavy atom. The molecule has 2 N–H and O–H groups in total. The third kappa shape index (κ3) is 1.21. The zero-order valence-electron chi connectivity index (χ0n) is 7.50. The standard InChI is InChI=1S/C10H10BrNO2/c11-7-1-5(6-3-8(6)12)2-9-10(7)14-4-13-9/h1-2,6,8H,3-4,12H2. The number of fused-ring (bicyclic) bond motifs is 1. The quantitative estimate of drug-likeness (QED) is 0.835. The van der Waals surface area contributed by atoms with Crippen molar-refractivity contribution in [3.63, 3.8) is 0 Å². The highest BCUT2D eigenvalue weighted by atomic mass is 79.9. The summed E-state index contributed by atoms with van der Waals surface area (Å²) in [5.41, 5.74) is 7.05. The molecule has 2 aliphatic rings. The third-order valence-electron chi connectivity index (χ3n) is 2.72. The van der Waals surface area contributed by atoms with Gasteiger partial charge in [0.15, 0.2) is 11.5 Å². The lowest BCUT2D eigenvalue weighted by Gasteiger charge is -2.03. The van der Waals surface area contributed by atoms with Gasteiger partial charge in [0.25, 0.3) is 0 Å². The average Bonchev–Trinajstić information content (AvgIpc) is 2.71. The van der Waals surface area contributed by atoms with E-state index in [0.29, 0.717) is 18.8 Å². The predicted octanol–water partition coefficient (Wildman–Crippen LogP) is 1.99. The van der Waals surface area contributed by atoms with Crippen LogP contribution in [0, 0.1) is 0 Å². The Hall–Kier alpha value is -0.740. The highest BCUT2D eigenvalue weighted by Gasteiger charge is 2.36. The van der Waals surface area contributed by atoms with Crippen LogP contribution < -0.4 is 15.2 Å². The fourth-order valence-corrected chi connectivity index (χ4v) is 2.37. The van der Waals surface area contributed by atoms with E-state index in [-0.39, 0.29) is 0 Å². The molecule has 0 aromatic heterocycles. The number of halogens is 1. The van der Waals surface area contributed by atoms with Crippen LogP contribution >= 0.6 is 15.9 Å². The molecule has 1 aromatic carbocycles.